The van der Waals surface area contributed by atoms with Crippen LogP contribution in [0.4, 0.5) is 0 Å². The SMILES string of the molecule is CC(C)(C)c1csc(CSc2nnc(CN)o2)n1. The molecule has 0 aliphatic rings. The van der Waals surface area contributed by atoms with Gasteiger partial charge in [-0.25, -0.2) is 4.98 Å². The molecule has 0 aliphatic carbocycles. The third-order valence-corrected chi connectivity index (χ3v) is 4.12. The fourth-order valence-electron chi connectivity index (χ4n) is 1.22. The standard InChI is InChI=1S/C11H16N4OS2/c1-11(2,3)7-5-17-9(13-7)6-18-10-15-14-8(4-12)16-10/h5H,4,6,12H2,1-3H3. The van der Waals surface area contributed by atoms with E-state index in [2.05, 4.69) is 41.3 Å². The summed E-state index contributed by atoms with van der Waals surface area (Å²) in [5.74, 6) is 1.21. The molecule has 0 spiro atoms. The van der Waals surface area contributed by atoms with Crippen molar-refractivity contribution < 1.29 is 4.42 Å². The number of hydrogen-bond acceptors (Lipinski definition) is 7. The van der Waals surface area contributed by atoms with Crippen molar-refractivity contribution >= 4 is 23.1 Å². The van der Waals surface area contributed by atoms with Crippen molar-refractivity contribution in [2.75, 3.05) is 0 Å². The number of aromatic nitrogens is 3. The van der Waals surface area contributed by atoms with Gasteiger partial charge in [-0.05, 0) is 0 Å². The molecule has 2 rings (SSSR count). The zero-order valence-electron chi connectivity index (χ0n) is 10.6. The first-order valence-electron chi connectivity index (χ1n) is 5.59. The summed E-state index contributed by atoms with van der Waals surface area (Å²) in [5.41, 5.74) is 6.62. The molecule has 0 fully saturated rings. The molecule has 0 amide bonds. The minimum absolute atomic E-state index is 0.0939. The van der Waals surface area contributed by atoms with Crippen LogP contribution in [0.1, 0.15) is 37.4 Å². The summed E-state index contributed by atoms with van der Waals surface area (Å²) < 4.78 is 5.32. The molecular weight excluding hydrogens is 268 g/mol. The van der Waals surface area contributed by atoms with Gasteiger partial charge in [-0.3, -0.25) is 0 Å². The predicted molar refractivity (Wildman–Crippen MR) is 72.6 cm³/mol. The molecular formula is C11H16N4OS2. The molecule has 2 heterocycles. The van der Waals surface area contributed by atoms with Crippen molar-refractivity contribution in [1.29, 1.82) is 0 Å². The summed E-state index contributed by atoms with van der Waals surface area (Å²) in [6.45, 7) is 6.75. The molecule has 98 valence electrons. The van der Waals surface area contributed by atoms with Gasteiger partial charge in [0.25, 0.3) is 5.22 Å². The van der Waals surface area contributed by atoms with Gasteiger partial charge in [0.1, 0.15) is 5.01 Å². The molecule has 5 nitrogen and oxygen atoms in total. The van der Waals surface area contributed by atoms with Crippen molar-refractivity contribution in [2.24, 2.45) is 5.73 Å². The van der Waals surface area contributed by atoms with E-state index >= 15 is 0 Å². The Balaban J connectivity index is 1.96. The summed E-state index contributed by atoms with van der Waals surface area (Å²) in [6, 6.07) is 0. The van der Waals surface area contributed by atoms with Crippen LogP contribution in [-0.2, 0) is 17.7 Å². The first-order chi connectivity index (χ1) is 8.49. The van der Waals surface area contributed by atoms with Crippen LogP contribution in [0.25, 0.3) is 0 Å². The third kappa shape index (κ3) is 3.30. The maximum atomic E-state index is 5.41. The molecule has 0 aromatic carbocycles. The number of hydrogen-bond donors (Lipinski definition) is 1. The lowest BCUT2D eigenvalue weighted by atomic mass is 9.93. The van der Waals surface area contributed by atoms with E-state index in [0.29, 0.717) is 11.1 Å². The van der Waals surface area contributed by atoms with E-state index in [4.69, 9.17) is 10.2 Å². The zero-order valence-corrected chi connectivity index (χ0v) is 12.3. The van der Waals surface area contributed by atoms with Crippen LogP contribution in [0.5, 0.6) is 0 Å². The fraction of sp³-hybridized carbons (Fsp3) is 0.545. The second-order valence-corrected chi connectivity index (χ2v) is 6.70. The van der Waals surface area contributed by atoms with E-state index in [9.17, 15) is 0 Å². The molecule has 7 heteroatoms. The Morgan fingerprint density at radius 3 is 2.72 bits per heavy atom. The highest BCUT2D eigenvalue weighted by atomic mass is 32.2. The second kappa shape index (κ2) is 5.38. The fourth-order valence-corrected chi connectivity index (χ4v) is 3.04. The highest BCUT2D eigenvalue weighted by Crippen LogP contribution is 2.27. The first-order valence-corrected chi connectivity index (χ1v) is 7.45. The molecule has 0 bridgehead atoms. The minimum Gasteiger partial charge on any atom is -0.415 e. The number of thioether (sulfide) groups is 1. The lowest BCUT2D eigenvalue weighted by Gasteiger charge is -2.14. The van der Waals surface area contributed by atoms with Crippen molar-refractivity contribution in [3.05, 3.63) is 22.0 Å². The monoisotopic (exact) mass is 284 g/mol. The molecule has 18 heavy (non-hydrogen) atoms. The number of rotatable bonds is 4. The Bertz CT molecular complexity index is 515. The van der Waals surface area contributed by atoms with Gasteiger partial charge in [-0.15, -0.1) is 21.5 Å². The molecule has 2 aromatic rings. The van der Waals surface area contributed by atoms with Gasteiger partial charge in [0.2, 0.25) is 5.89 Å². The normalized spacial score (nSPS) is 12.0. The Hall–Kier alpha value is -0.920. The van der Waals surface area contributed by atoms with Crippen LogP contribution in [0, 0.1) is 0 Å². The highest BCUT2D eigenvalue weighted by molar-refractivity contribution is 7.98. The smallest absolute Gasteiger partial charge is 0.277 e. The van der Waals surface area contributed by atoms with Crippen LogP contribution in [0.2, 0.25) is 0 Å². The maximum absolute atomic E-state index is 5.41. The van der Waals surface area contributed by atoms with Gasteiger partial charge in [0.15, 0.2) is 0 Å². The molecule has 0 saturated heterocycles. The van der Waals surface area contributed by atoms with E-state index in [1.54, 1.807) is 11.3 Å². The molecule has 0 unspecified atom stereocenters. The quantitative estimate of drug-likeness (QED) is 0.869. The molecule has 0 radical (unpaired) electrons. The van der Waals surface area contributed by atoms with E-state index in [-0.39, 0.29) is 12.0 Å². The van der Waals surface area contributed by atoms with Crippen LogP contribution >= 0.6 is 23.1 Å². The molecule has 0 saturated carbocycles. The van der Waals surface area contributed by atoms with E-state index < -0.39 is 0 Å². The Kier molecular flexibility index (Phi) is 4.04. The Morgan fingerprint density at radius 1 is 1.39 bits per heavy atom. The van der Waals surface area contributed by atoms with Crippen LogP contribution in [0.3, 0.4) is 0 Å². The summed E-state index contributed by atoms with van der Waals surface area (Å²) in [5, 5.41) is 11.4. The van der Waals surface area contributed by atoms with Crippen LogP contribution < -0.4 is 5.73 Å². The lowest BCUT2D eigenvalue weighted by Crippen LogP contribution is -2.11. The van der Waals surface area contributed by atoms with E-state index in [0.717, 1.165) is 16.5 Å². The summed E-state index contributed by atoms with van der Waals surface area (Å²) in [4.78, 5) is 4.61. The van der Waals surface area contributed by atoms with Gasteiger partial charge in [0.05, 0.1) is 18.0 Å². The second-order valence-electron chi connectivity index (χ2n) is 4.83. The van der Waals surface area contributed by atoms with Crippen molar-refractivity contribution in [2.45, 2.75) is 43.7 Å². The van der Waals surface area contributed by atoms with Crippen molar-refractivity contribution in [3.8, 4) is 0 Å². The third-order valence-electron chi connectivity index (χ3n) is 2.26. The van der Waals surface area contributed by atoms with E-state index in [1.165, 1.54) is 11.8 Å². The highest BCUT2D eigenvalue weighted by Gasteiger charge is 2.17. The van der Waals surface area contributed by atoms with Gasteiger partial charge >= 0.3 is 0 Å². The molecule has 2 N–H and O–H groups in total. The van der Waals surface area contributed by atoms with Gasteiger partial charge < -0.3 is 10.2 Å². The van der Waals surface area contributed by atoms with Crippen LogP contribution in [-0.4, -0.2) is 15.2 Å². The van der Waals surface area contributed by atoms with Crippen LogP contribution in [0.15, 0.2) is 15.0 Å². The average molecular weight is 284 g/mol. The summed E-state index contributed by atoms with van der Waals surface area (Å²) >= 11 is 3.15. The average Bonchev–Trinajstić information content (AvgIpc) is 2.94. The minimum atomic E-state index is 0.0939. The summed E-state index contributed by atoms with van der Waals surface area (Å²) in [7, 11) is 0. The molecule has 0 aliphatic heterocycles. The zero-order chi connectivity index (χ0) is 13.2. The number of nitrogens with zero attached hydrogens (tertiary/aromatic N) is 3. The topological polar surface area (TPSA) is 77.8 Å². The molecule has 0 atom stereocenters. The van der Waals surface area contributed by atoms with Crippen molar-refractivity contribution in [3.63, 3.8) is 0 Å². The Labute approximate surface area is 114 Å². The maximum Gasteiger partial charge on any atom is 0.277 e. The van der Waals surface area contributed by atoms with Gasteiger partial charge in [-0.1, -0.05) is 32.5 Å². The number of nitrogens with two attached hydrogens (primary N) is 1. The lowest BCUT2D eigenvalue weighted by molar-refractivity contribution is 0.414. The molecule has 2 aromatic heterocycles. The van der Waals surface area contributed by atoms with Gasteiger partial charge in [0, 0.05) is 10.8 Å². The largest absolute Gasteiger partial charge is 0.415 e. The number of thiazole rings is 1. The predicted octanol–water partition coefficient (Wildman–Crippen LogP) is 2.57. The van der Waals surface area contributed by atoms with E-state index in [1.807, 2.05) is 0 Å². The summed E-state index contributed by atoms with van der Waals surface area (Å²) in [6.07, 6.45) is 0. The van der Waals surface area contributed by atoms with Gasteiger partial charge in [-0.2, -0.15) is 0 Å². The first kappa shape index (κ1) is 13.5. The van der Waals surface area contributed by atoms with Crippen molar-refractivity contribution in [1.82, 2.24) is 15.2 Å². The Morgan fingerprint density at radius 2 is 2.17 bits per heavy atom.